The summed E-state index contributed by atoms with van der Waals surface area (Å²) in [7, 11) is 1.65. The maximum atomic E-state index is 11.7. The maximum absolute atomic E-state index is 11.7. The number of urea groups is 1. The van der Waals surface area contributed by atoms with E-state index in [4.69, 9.17) is 4.74 Å². The monoisotopic (exact) mass is 312 g/mol. The fraction of sp³-hybridized carbons (Fsp3) is 0.316. The van der Waals surface area contributed by atoms with Gasteiger partial charge in [-0.1, -0.05) is 42.5 Å². The SMILES string of the molecule is COc1ccc(CCNC(=O)NCCCc2ccccc2)cc1. The van der Waals surface area contributed by atoms with Gasteiger partial charge < -0.3 is 15.4 Å². The molecule has 0 aliphatic carbocycles. The highest BCUT2D eigenvalue weighted by Gasteiger charge is 2.00. The number of nitrogens with one attached hydrogen (secondary N) is 2. The number of rotatable bonds is 8. The molecule has 0 unspecified atom stereocenters. The van der Waals surface area contributed by atoms with E-state index in [9.17, 15) is 4.79 Å². The number of hydrogen-bond acceptors (Lipinski definition) is 2. The van der Waals surface area contributed by atoms with Gasteiger partial charge in [0.05, 0.1) is 7.11 Å². The van der Waals surface area contributed by atoms with Gasteiger partial charge in [0.25, 0.3) is 0 Å². The van der Waals surface area contributed by atoms with Crippen LogP contribution >= 0.6 is 0 Å². The van der Waals surface area contributed by atoms with Crippen molar-refractivity contribution in [2.45, 2.75) is 19.3 Å². The van der Waals surface area contributed by atoms with Gasteiger partial charge in [0.15, 0.2) is 0 Å². The normalized spacial score (nSPS) is 10.1. The van der Waals surface area contributed by atoms with Crippen molar-refractivity contribution >= 4 is 6.03 Å². The van der Waals surface area contributed by atoms with E-state index in [1.807, 2.05) is 42.5 Å². The predicted molar refractivity (Wildman–Crippen MR) is 92.9 cm³/mol. The summed E-state index contributed by atoms with van der Waals surface area (Å²) < 4.78 is 5.12. The Bertz CT molecular complexity index is 582. The summed E-state index contributed by atoms with van der Waals surface area (Å²) in [5, 5.41) is 5.76. The lowest BCUT2D eigenvalue weighted by Gasteiger charge is -2.08. The molecule has 0 spiro atoms. The van der Waals surface area contributed by atoms with Crippen LogP contribution in [0.15, 0.2) is 54.6 Å². The van der Waals surface area contributed by atoms with E-state index in [2.05, 4.69) is 22.8 Å². The van der Waals surface area contributed by atoms with Crippen molar-refractivity contribution in [3.63, 3.8) is 0 Å². The average molecular weight is 312 g/mol. The smallest absolute Gasteiger partial charge is 0.314 e. The van der Waals surface area contributed by atoms with E-state index >= 15 is 0 Å². The van der Waals surface area contributed by atoms with Crippen molar-refractivity contribution in [3.8, 4) is 5.75 Å². The van der Waals surface area contributed by atoms with Crippen molar-refractivity contribution in [1.29, 1.82) is 0 Å². The largest absolute Gasteiger partial charge is 0.497 e. The summed E-state index contributed by atoms with van der Waals surface area (Å²) in [6, 6.07) is 18.1. The Morgan fingerprint density at radius 2 is 1.52 bits per heavy atom. The zero-order valence-corrected chi connectivity index (χ0v) is 13.5. The Balaban J connectivity index is 1.56. The van der Waals surface area contributed by atoms with Crippen LogP contribution in [-0.2, 0) is 12.8 Å². The van der Waals surface area contributed by atoms with Gasteiger partial charge in [-0.05, 0) is 42.5 Å². The molecule has 0 bridgehead atoms. The molecule has 2 rings (SSSR count). The highest BCUT2D eigenvalue weighted by molar-refractivity contribution is 5.73. The van der Waals surface area contributed by atoms with Crippen molar-refractivity contribution in [2.24, 2.45) is 0 Å². The molecule has 2 N–H and O–H groups in total. The molecule has 0 heterocycles. The number of benzene rings is 2. The Morgan fingerprint density at radius 1 is 0.870 bits per heavy atom. The van der Waals surface area contributed by atoms with Crippen molar-refractivity contribution in [3.05, 3.63) is 65.7 Å². The maximum Gasteiger partial charge on any atom is 0.314 e. The molecule has 0 aliphatic heterocycles. The fourth-order valence-electron chi connectivity index (χ4n) is 2.31. The Hall–Kier alpha value is -2.49. The minimum Gasteiger partial charge on any atom is -0.497 e. The van der Waals surface area contributed by atoms with Crippen molar-refractivity contribution in [2.75, 3.05) is 20.2 Å². The van der Waals surface area contributed by atoms with E-state index in [0.29, 0.717) is 13.1 Å². The first-order valence-corrected chi connectivity index (χ1v) is 7.96. The highest BCUT2D eigenvalue weighted by Crippen LogP contribution is 2.11. The first kappa shape index (κ1) is 16.9. The van der Waals surface area contributed by atoms with Gasteiger partial charge in [0, 0.05) is 13.1 Å². The number of carbonyl (C=O) groups is 1. The van der Waals surface area contributed by atoms with E-state index in [1.165, 1.54) is 11.1 Å². The van der Waals surface area contributed by atoms with Crippen LogP contribution in [0.5, 0.6) is 5.75 Å². The molecule has 2 aromatic carbocycles. The van der Waals surface area contributed by atoms with Crippen LogP contribution in [0.3, 0.4) is 0 Å². The zero-order chi connectivity index (χ0) is 16.3. The first-order chi connectivity index (χ1) is 11.3. The van der Waals surface area contributed by atoms with E-state index in [1.54, 1.807) is 7.11 Å². The third kappa shape index (κ3) is 6.43. The minimum absolute atomic E-state index is 0.105. The average Bonchev–Trinajstić information content (AvgIpc) is 2.60. The number of ether oxygens (including phenoxy) is 1. The Kier molecular flexibility index (Phi) is 6.98. The predicted octanol–water partition coefficient (Wildman–Crippen LogP) is 3.17. The number of amides is 2. The lowest BCUT2D eigenvalue weighted by molar-refractivity contribution is 0.241. The number of methoxy groups -OCH3 is 1. The lowest BCUT2D eigenvalue weighted by atomic mass is 10.1. The van der Waals surface area contributed by atoms with Crippen LogP contribution in [0.1, 0.15) is 17.5 Å². The third-order valence-electron chi connectivity index (χ3n) is 3.63. The molecule has 0 fully saturated rings. The summed E-state index contributed by atoms with van der Waals surface area (Å²) in [6.07, 6.45) is 2.73. The standard InChI is InChI=1S/C19H24N2O2/c1-23-18-11-9-17(10-12-18)13-15-21-19(22)20-14-5-8-16-6-3-2-4-7-16/h2-4,6-7,9-12H,5,8,13-15H2,1H3,(H2,20,21,22). The Morgan fingerprint density at radius 3 is 2.22 bits per heavy atom. The van der Waals surface area contributed by atoms with E-state index in [-0.39, 0.29) is 6.03 Å². The van der Waals surface area contributed by atoms with Gasteiger partial charge in [-0.2, -0.15) is 0 Å². The molecule has 0 aromatic heterocycles. The van der Waals surface area contributed by atoms with Crippen LogP contribution in [0.4, 0.5) is 4.79 Å². The van der Waals surface area contributed by atoms with Gasteiger partial charge in [0.2, 0.25) is 0 Å². The van der Waals surface area contributed by atoms with Gasteiger partial charge in [0.1, 0.15) is 5.75 Å². The minimum atomic E-state index is -0.105. The molecule has 0 saturated carbocycles. The van der Waals surface area contributed by atoms with E-state index < -0.39 is 0 Å². The van der Waals surface area contributed by atoms with E-state index in [0.717, 1.165) is 25.0 Å². The summed E-state index contributed by atoms with van der Waals surface area (Å²) in [4.78, 5) is 11.7. The highest BCUT2D eigenvalue weighted by atomic mass is 16.5. The second-order valence-corrected chi connectivity index (χ2v) is 5.37. The number of carbonyl (C=O) groups excluding carboxylic acids is 1. The fourth-order valence-corrected chi connectivity index (χ4v) is 2.31. The third-order valence-corrected chi connectivity index (χ3v) is 3.63. The molecule has 0 atom stereocenters. The zero-order valence-electron chi connectivity index (χ0n) is 13.5. The molecule has 4 heteroatoms. The van der Waals surface area contributed by atoms with Crippen LogP contribution in [-0.4, -0.2) is 26.2 Å². The molecule has 4 nitrogen and oxygen atoms in total. The van der Waals surface area contributed by atoms with Crippen LogP contribution < -0.4 is 15.4 Å². The van der Waals surface area contributed by atoms with Gasteiger partial charge >= 0.3 is 6.03 Å². The molecule has 23 heavy (non-hydrogen) atoms. The molecule has 0 saturated heterocycles. The number of aryl methyl sites for hydroxylation is 1. The summed E-state index contributed by atoms with van der Waals surface area (Å²) in [5.74, 6) is 0.845. The van der Waals surface area contributed by atoms with Gasteiger partial charge in [-0.25, -0.2) is 4.79 Å². The summed E-state index contributed by atoms with van der Waals surface area (Å²) in [5.41, 5.74) is 2.48. The summed E-state index contributed by atoms with van der Waals surface area (Å²) in [6.45, 7) is 1.31. The topological polar surface area (TPSA) is 50.4 Å². The molecule has 122 valence electrons. The molecule has 0 aliphatic rings. The molecular weight excluding hydrogens is 288 g/mol. The second-order valence-electron chi connectivity index (χ2n) is 5.37. The van der Waals surface area contributed by atoms with Crippen LogP contribution in [0.25, 0.3) is 0 Å². The first-order valence-electron chi connectivity index (χ1n) is 7.96. The van der Waals surface area contributed by atoms with Crippen molar-refractivity contribution in [1.82, 2.24) is 10.6 Å². The van der Waals surface area contributed by atoms with Crippen LogP contribution in [0, 0.1) is 0 Å². The molecular formula is C19H24N2O2. The van der Waals surface area contributed by atoms with Gasteiger partial charge in [-0.15, -0.1) is 0 Å². The quantitative estimate of drug-likeness (QED) is 0.736. The summed E-state index contributed by atoms with van der Waals surface area (Å²) >= 11 is 0. The molecule has 0 radical (unpaired) electrons. The molecule has 2 aromatic rings. The van der Waals surface area contributed by atoms with Gasteiger partial charge in [-0.3, -0.25) is 0 Å². The second kappa shape index (κ2) is 9.51. The van der Waals surface area contributed by atoms with Crippen LogP contribution in [0.2, 0.25) is 0 Å². The lowest BCUT2D eigenvalue weighted by Crippen LogP contribution is -2.37. The van der Waals surface area contributed by atoms with Crippen molar-refractivity contribution < 1.29 is 9.53 Å². The number of hydrogen-bond donors (Lipinski definition) is 2. The molecule has 2 amide bonds. The Labute approximate surface area is 137 Å².